The molecule has 3 atom stereocenters. The lowest BCUT2D eigenvalue weighted by atomic mass is 10.0. The number of rotatable bonds is 11. The van der Waals surface area contributed by atoms with Gasteiger partial charge in [0.05, 0.1) is 24.7 Å². The van der Waals surface area contributed by atoms with Crippen molar-refractivity contribution in [2.24, 2.45) is 11.5 Å². The number of hydrogen-bond acceptors (Lipinski definition) is 7. The van der Waals surface area contributed by atoms with Gasteiger partial charge in [-0.3, -0.25) is 9.59 Å². The minimum Gasteiger partial charge on any atom is -0.399 e. The first kappa shape index (κ1) is 24.1. The number of anilines is 2. The summed E-state index contributed by atoms with van der Waals surface area (Å²) in [7, 11) is 0. The third-order valence-corrected chi connectivity index (χ3v) is 4.90. The van der Waals surface area contributed by atoms with Crippen molar-refractivity contribution in [2.45, 2.75) is 37.4 Å². The lowest BCUT2D eigenvalue weighted by Gasteiger charge is -2.20. The van der Waals surface area contributed by atoms with E-state index in [2.05, 4.69) is 10.6 Å². The van der Waals surface area contributed by atoms with Crippen LogP contribution in [-0.4, -0.2) is 48.2 Å². The van der Waals surface area contributed by atoms with E-state index in [-0.39, 0.29) is 25.0 Å². The number of nitrogens with two attached hydrogens (primary N) is 4. The molecule has 31 heavy (non-hydrogen) atoms. The highest BCUT2D eigenvalue weighted by molar-refractivity contribution is 5.82. The van der Waals surface area contributed by atoms with E-state index >= 15 is 0 Å². The third kappa shape index (κ3) is 8.25. The largest absolute Gasteiger partial charge is 0.399 e. The van der Waals surface area contributed by atoms with E-state index in [1.54, 1.807) is 24.3 Å². The van der Waals surface area contributed by atoms with Gasteiger partial charge in [-0.25, -0.2) is 0 Å². The zero-order chi connectivity index (χ0) is 22.8. The van der Waals surface area contributed by atoms with Crippen LogP contribution in [0.3, 0.4) is 0 Å². The Morgan fingerprint density at radius 3 is 1.71 bits per heavy atom. The van der Waals surface area contributed by atoms with Crippen molar-refractivity contribution in [1.82, 2.24) is 10.6 Å². The lowest BCUT2D eigenvalue weighted by molar-refractivity contribution is -0.123. The highest BCUT2D eigenvalue weighted by Gasteiger charge is 2.19. The number of hydrogen-bond donors (Lipinski definition) is 7. The van der Waals surface area contributed by atoms with Crippen LogP contribution in [0.15, 0.2) is 48.5 Å². The van der Waals surface area contributed by atoms with Crippen LogP contribution < -0.4 is 33.6 Å². The van der Waals surface area contributed by atoms with Gasteiger partial charge in [0.15, 0.2) is 0 Å². The Hall–Kier alpha value is -3.14. The summed E-state index contributed by atoms with van der Waals surface area (Å²) in [6.07, 6.45) is 1.07. The predicted molar refractivity (Wildman–Crippen MR) is 122 cm³/mol. The molecular weight excluding hydrogens is 396 g/mol. The van der Waals surface area contributed by atoms with Crippen LogP contribution in [0.1, 0.15) is 17.5 Å². The Kier molecular flexibility index (Phi) is 9.26. The molecule has 0 aliphatic rings. The number of nitrogen functional groups attached to an aromatic ring is 2. The lowest BCUT2D eigenvalue weighted by Crippen LogP contribution is -2.49. The third-order valence-electron chi connectivity index (χ3n) is 4.90. The minimum absolute atomic E-state index is 0.257. The van der Waals surface area contributed by atoms with Crippen molar-refractivity contribution in [3.63, 3.8) is 0 Å². The fourth-order valence-electron chi connectivity index (χ4n) is 3.02. The highest BCUT2D eigenvalue weighted by atomic mass is 16.3. The van der Waals surface area contributed by atoms with Crippen LogP contribution in [0.25, 0.3) is 0 Å². The molecule has 0 heterocycles. The maximum absolute atomic E-state index is 12.3. The molecule has 9 nitrogen and oxygen atoms in total. The minimum atomic E-state index is -0.763. The second-order valence-electron chi connectivity index (χ2n) is 7.57. The van der Waals surface area contributed by atoms with E-state index in [1.165, 1.54) is 0 Å². The van der Waals surface area contributed by atoms with Gasteiger partial charge in [0, 0.05) is 17.9 Å². The van der Waals surface area contributed by atoms with Gasteiger partial charge in [0.25, 0.3) is 0 Å². The Bertz CT molecular complexity index is 841. The molecule has 168 valence electrons. The van der Waals surface area contributed by atoms with Gasteiger partial charge < -0.3 is 38.7 Å². The first-order chi connectivity index (χ1) is 14.8. The summed E-state index contributed by atoms with van der Waals surface area (Å²) < 4.78 is 0. The second-order valence-corrected chi connectivity index (χ2v) is 7.57. The number of carbonyl (C=O) groups is 2. The summed E-state index contributed by atoms with van der Waals surface area (Å²) in [4.78, 5) is 24.5. The molecule has 0 saturated carbocycles. The van der Waals surface area contributed by atoms with Gasteiger partial charge in [-0.2, -0.15) is 0 Å². The smallest absolute Gasteiger partial charge is 0.237 e. The molecule has 2 aromatic rings. The van der Waals surface area contributed by atoms with Crippen LogP contribution in [0.5, 0.6) is 0 Å². The van der Waals surface area contributed by atoms with Crippen molar-refractivity contribution in [2.75, 3.05) is 24.6 Å². The fraction of sp³-hybridized carbons (Fsp3) is 0.364. The molecule has 0 radical (unpaired) electrons. The second kappa shape index (κ2) is 11.9. The molecule has 0 aromatic heterocycles. The van der Waals surface area contributed by atoms with Crippen LogP contribution in [0.4, 0.5) is 11.4 Å². The van der Waals surface area contributed by atoms with Crippen molar-refractivity contribution in [1.29, 1.82) is 0 Å². The van der Waals surface area contributed by atoms with E-state index in [4.69, 9.17) is 22.9 Å². The zero-order valence-corrected chi connectivity index (χ0v) is 17.5. The monoisotopic (exact) mass is 428 g/mol. The average Bonchev–Trinajstić information content (AvgIpc) is 2.75. The van der Waals surface area contributed by atoms with Gasteiger partial charge >= 0.3 is 0 Å². The first-order valence-electron chi connectivity index (χ1n) is 10.2. The van der Waals surface area contributed by atoms with Gasteiger partial charge in [0.1, 0.15) is 0 Å². The molecule has 2 rings (SSSR count). The van der Waals surface area contributed by atoms with E-state index < -0.39 is 18.1 Å². The number of benzene rings is 2. The van der Waals surface area contributed by atoms with E-state index in [0.29, 0.717) is 30.6 Å². The molecule has 2 amide bonds. The number of nitrogens with one attached hydrogen (secondary N) is 2. The highest BCUT2D eigenvalue weighted by Crippen LogP contribution is 2.08. The van der Waals surface area contributed by atoms with Gasteiger partial charge in [0.2, 0.25) is 11.8 Å². The van der Waals surface area contributed by atoms with Crippen molar-refractivity contribution in [3.8, 4) is 0 Å². The average molecular weight is 429 g/mol. The summed E-state index contributed by atoms with van der Waals surface area (Å²) in [6, 6.07) is 12.3. The maximum atomic E-state index is 12.3. The van der Waals surface area contributed by atoms with E-state index in [1.807, 2.05) is 24.3 Å². The van der Waals surface area contributed by atoms with Crippen molar-refractivity contribution < 1.29 is 14.7 Å². The summed E-state index contributed by atoms with van der Waals surface area (Å²) >= 11 is 0. The molecule has 0 spiro atoms. The molecule has 0 saturated heterocycles. The molecular formula is C22H32N6O3. The van der Waals surface area contributed by atoms with Gasteiger partial charge in [-0.15, -0.1) is 0 Å². The maximum Gasteiger partial charge on any atom is 0.237 e. The number of amides is 2. The zero-order valence-electron chi connectivity index (χ0n) is 17.5. The summed E-state index contributed by atoms with van der Waals surface area (Å²) in [5.74, 6) is -0.679. The Balaban J connectivity index is 1.73. The van der Waals surface area contributed by atoms with Gasteiger partial charge in [-0.05, 0) is 54.7 Å². The van der Waals surface area contributed by atoms with E-state index in [9.17, 15) is 14.7 Å². The molecule has 0 bridgehead atoms. The standard InChI is InChI=1S/C22H32N6O3/c23-16-5-1-14(2-6-16)11-19(25)21(30)27-10-9-18(13-29)28-22(31)20(26)12-15-3-7-17(24)8-4-15/h1-8,18-20,29H,9-13,23-26H2,(H,27,30)(H,28,31)/t18?,19-,20-/m0/s1. The Morgan fingerprint density at radius 2 is 1.26 bits per heavy atom. The predicted octanol–water partition coefficient (Wildman–Crippen LogP) is -0.726. The van der Waals surface area contributed by atoms with Crippen molar-refractivity contribution in [3.05, 3.63) is 59.7 Å². The normalized spacial score (nSPS) is 13.8. The van der Waals surface area contributed by atoms with Crippen LogP contribution in [-0.2, 0) is 22.4 Å². The first-order valence-corrected chi connectivity index (χ1v) is 10.2. The topological polar surface area (TPSA) is 183 Å². The molecule has 9 heteroatoms. The molecule has 1 unspecified atom stereocenters. The fourth-order valence-corrected chi connectivity index (χ4v) is 3.02. The quantitative estimate of drug-likeness (QED) is 0.230. The Labute approximate surface area is 182 Å². The van der Waals surface area contributed by atoms with Crippen LogP contribution in [0, 0.1) is 0 Å². The van der Waals surface area contributed by atoms with Crippen molar-refractivity contribution >= 4 is 23.2 Å². The van der Waals surface area contributed by atoms with E-state index in [0.717, 1.165) is 11.1 Å². The molecule has 11 N–H and O–H groups in total. The summed E-state index contributed by atoms with van der Waals surface area (Å²) in [5, 5.41) is 15.0. The molecule has 2 aromatic carbocycles. The number of aliphatic hydroxyl groups excluding tert-OH is 1. The number of carbonyl (C=O) groups excluding carboxylic acids is 2. The number of aliphatic hydroxyl groups is 1. The Morgan fingerprint density at radius 1 is 0.806 bits per heavy atom. The van der Waals surface area contributed by atoms with Gasteiger partial charge in [-0.1, -0.05) is 24.3 Å². The summed E-state index contributed by atoms with van der Waals surface area (Å²) in [6.45, 7) is -0.0132. The molecule has 0 aliphatic heterocycles. The molecule has 0 aliphatic carbocycles. The summed E-state index contributed by atoms with van der Waals surface area (Å²) in [5.41, 5.74) is 26.3. The SMILES string of the molecule is Nc1ccc(C[C@H](N)C(=O)NCCC(CO)NC(=O)[C@@H](N)Cc2ccc(N)cc2)cc1. The van der Waals surface area contributed by atoms with Crippen LogP contribution >= 0.6 is 0 Å². The molecule has 0 fully saturated rings. The van der Waals surface area contributed by atoms with Crippen LogP contribution in [0.2, 0.25) is 0 Å².